The van der Waals surface area contributed by atoms with Crippen LogP contribution in [-0.4, -0.2) is 79.5 Å². The van der Waals surface area contributed by atoms with Gasteiger partial charge in [0.1, 0.15) is 23.9 Å². The predicted octanol–water partition coefficient (Wildman–Crippen LogP) is -0.707. The number of rotatable bonds is 10. The number of amides is 3. The molecule has 0 aliphatic carbocycles. The van der Waals surface area contributed by atoms with Gasteiger partial charge in [0.25, 0.3) is 0 Å². The number of imidazole rings is 1. The summed E-state index contributed by atoms with van der Waals surface area (Å²) in [5.41, 5.74) is 7.28. The Morgan fingerprint density at radius 2 is 1.91 bits per heavy atom. The molecule has 0 saturated carbocycles. The minimum absolute atomic E-state index is 0.0210. The summed E-state index contributed by atoms with van der Waals surface area (Å²) in [4.78, 5) is 58.0. The molecular weight excluding hydrogens is 456 g/mol. The number of aromatic nitrogens is 2. The third-order valence-electron chi connectivity index (χ3n) is 5.89. The van der Waals surface area contributed by atoms with Crippen molar-refractivity contribution in [1.29, 1.82) is 0 Å². The van der Waals surface area contributed by atoms with Gasteiger partial charge in [-0.15, -0.1) is 0 Å². The molecule has 1 fully saturated rings. The Morgan fingerprint density at radius 3 is 2.54 bits per heavy atom. The van der Waals surface area contributed by atoms with Crippen LogP contribution < -0.4 is 16.4 Å². The molecule has 12 nitrogen and oxygen atoms in total. The van der Waals surface area contributed by atoms with E-state index < -0.39 is 47.9 Å². The number of aromatic amines is 1. The fraction of sp³-hybridized carbons (Fsp3) is 0.435. The molecule has 1 saturated heterocycles. The number of hydrogen-bond acceptors (Lipinski definition) is 7. The van der Waals surface area contributed by atoms with Gasteiger partial charge in [-0.25, -0.2) is 9.78 Å². The highest BCUT2D eigenvalue weighted by Gasteiger charge is 2.38. The van der Waals surface area contributed by atoms with Crippen molar-refractivity contribution in [1.82, 2.24) is 25.5 Å². The number of phenols is 1. The van der Waals surface area contributed by atoms with Gasteiger partial charge in [0.2, 0.25) is 17.7 Å². The largest absolute Gasteiger partial charge is 0.508 e. The van der Waals surface area contributed by atoms with Crippen molar-refractivity contribution >= 4 is 23.7 Å². The van der Waals surface area contributed by atoms with Crippen LogP contribution in [0, 0.1) is 0 Å². The van der Waals surface area contributed by atoms with E-state index in [9.17, 15) is 29.4 Å². The van der Waals surface area contributed by atoms with Gasteiger partial charge in [-0.1, -0.05) is 12.1 Å². The van der Waals surface area contributed by atoms with Crippen LogP contribution in [-0.2, 0) is 32.0 Å². The van der Waals surface area contributed by atoms with E-state index in [1.165, 1.54) is 36.5 Å². The minimum atomic E-state index is -1.20. The Bertz CT molecular complexity index is 1040. The van der Waals surface area contributed by atoms with Gasteiger partial charge >= 0.3 is 5.97 Å². The summed E-state index contributed by atoms with van der Waals surface area (Å²) in [5, 5.41) is 24.0. The molecule has 0 spiro atoms. The number of aromatic hydroxyl groups is 1. The lowest BCUT2D eigenvalue weighted by molar-refractivity contribution is -0.144. The number of likely N-dealkylation sites (tertiary alicyclic amines) is 1. The molecular formula is C23H30N6O6. The van der Waals surface area contributed by atoms with Gasteiger partial charge in [-0.2, -0.15) is 0 Å². The fourth-order valence-corrected chi connectivity index (χ4v) is 4.00. The van der Waals surface area contributed by atoms with Crippen molar-refractivity contribution in [2.75, 3.05) is 6.54 Å². The van der Waals surface area contributed by atoms with Gasteiger partial charge in [0, 0.05) is 24.9 Å². The Kier molecular flexibility index (Phi) is 8.42. The number of aliphatic carboxylic acids is 1. The highest BCUT2D eigenvalue weighted by molar-refractivity contribution is 5.94. The number of nitrogens with two attached hydrogens (primary N) is 1. The molecule has 188 valence electrons. The summed E-state index contributed by atoms with van der Waals surface area (Å²) in [5.74, 6) is -2.64. The summed E-state index contributed by atoms with van der Waals surface area (Å²) in [7, 11) is 0. The maximum Gasteiger partial charge on any atom is 0.326 e. The topological polar surface area (TPSA) is 191 Å². The number of phenolic OH excluding ortho intramolecular Hbond substituents is 1. The van der Waals surface area contributed by atoms with E-state index in [1.807, 2.05) is 0 Å². The molecule has 0 bridgehead atoms. The summed E-state index contributed by atoms with van der Waals surface area (Å²) in [6, 6.07) is 2.44. The summed E-state index contributed by atoms with van der Waals surface area (Å²) in [6.07, 6.45) is 4.09. The fourth-order valence-electron chi connectivity index (χ4n) is 4.00. The van der Waals surface area contributed by atoms with Crippen LogP contribution in [0.4, 0.5) is 0 Å². The Labute approximate surface area is 201 Å². The van der Waals surface area contributed by atoms with Gasteiger partial charge < -0.3 is 36.5 Å². The normalized spacial score (nSPS) is 17.9. The molecule has 2 heterocycles. The molecule has 4 unspecified atom stereocenters. The van der Waals surface area contributed by atoms with E-state index in [1.54, 1.807) is 12.1 Å². The van der Waals surface area contributed by atoms with E-state index in [0.717, 1.165) is 5.56 Å². The molecule has 2 aromatic rings. The van der Waals surface area contributed by atoms with E-state index in [-0.39, 0.29) is 18.6 Å². The summed E-state index contributed by atoms with van der Waals surface area (Å²) < 4.78 is 0. The number of benzene rings is 1. The van der Waals surface area contributed by atoms with Gasteiger partial charge in [0.15, 0.2) is 0 Å². The van der Waals surface area contributed by atoms with Crippen molar-refractivity contribution in [3.63, 3.8) is 0 Å². The van der Waals surface area contributed by atoms with Crippen molar-refractivity contribution in [3.8, 4) is 5.75 Å². The number of nitrogens with one attached hydrogen (secondary N) is 3. The number of nitrogens with zero attached hydrogens (tertiary/aromatic N) is 2. The monoisotopic (exact) mass is 486 g/mol. The van der Waals surface area contributed by atoms with Crippen LogP contribution in [0.15, 0.2) is 36.8 Å². The zero-order valence-corrected chi connectivity index (χ0v) is 19.3. The zero-order valence-electron chi connectivity index (χ0n) is 19.3. The Balaban J connectivity index is 1.56. The number of H-pyrrole nitrogens is 1. The molecule has 12 heteroatoms. The van der Waals surface area contributed by atoms with Crippen molar-refractivity contribution in [2.45, 2.75) is 56.8 Å². The lowest BCUT2D eigenvalue weighted by atomic mass is 10.1. The van der Waals surface area contributed by atoms with Crippen LogP contribution in [0.25, 0.3) is 0 Å². The zero-order chi connectivity index (χ0) is 25.5. The Morgan fingerprint density at radius 1 is 1.20 bits per heavy atom. The maximum absolute atomic E-state index is 13.0. The quantitative estimate of drug-likeness (QED) is 0.254. The van der Waals surface area contributed by atoms with Crippen LogP contribution in [0.1, 0.15) is 31.0 Å². The first kappa shape index (κ1) is 25.7. The first-order chi connectivity index (χ1) is 16.7. The van der Waals surface area contributed by atoms with Gasteiger partial charge in [-0.3, -0.25) is 14.4 Å². The van der Waals surface area contributed by atoms with Crippen molar-refractivity contribution < 1.29 is 29.4 Å². The standard InChI is InChI=1S/C23H30N6O6/c1-13(27-20(31)17(24)9-14-4-6-16(30)7-5-14)22(33)29-8-2-3-19(29)21(32)28-18(23(34)35)10-15-11-25-12-26-15/h4-7,11-13,17-19,30H,2-3,8-10,24H2,1H3,(H,25,26)(H,27,31)(H,28,32)(H,34,35). The number of carbonyl (C=O) groups is 4. The number of carboxylic acid groups (broad SMARTS) is 1. The van der Waals surface area contributed by atoms with Gasteiger partial charge in [0.05, 0.1) is 12.4 Å². The smallest absolute Gasteiger partial charge is 0.326 e. The predicted molar refractivity (Wildman–Crippen MR) is 124 cm³/mol. The van der Waals surface area contributed by atoms with E-state index in [2.05, 4.69) is 20.6 Å². The Hall–Kier alpha value is -3.93. The number of carbonyl (C=O) groups excluding carboxylic acids is 3. The van der Waals surface area contributed by atoms with Crippen molar-refractivity contribution in [2.24, 2.45) is 5.73 Å². The molecule has 1 aliphatic heterocycles. The third-order valence-corrected chi connectivity index (χ3v) is 5.89. The first-order valence-corrected chi connectivity index (χ1v) is 11.3. The second-order valence-corrected chi connectivity index (χ2v) is 8.58. The van der Waals surface area contributed by atoms with Crippen LogP contribution in [0.5, 0.6) is 5.75 Å². The number of hydrogen-bond donors (Lipinski definition) is 6. The van der Waals surface area contributed by atoms with Crippen LogP contribution >= 0.6 is 0 Å². The SMILES string of the molecule is CC(NC(=O)C(N)Cc1ccc(O)cc1)C(=O)N1CCCC1C(=O)NC(Cc1cnc[nH]1)C(=O)O. The minimum Gasteiger partial charge on any atom is -0.508 e. The van der Waals surface area contributed by atoms with E-state index in [0.29, 0.717) is 25.1 Å². The third kappa shape index (κ3) is 6.79. The average Bonchev–Trinajstić information content (AvgIpc) is 3.51. The second-order valence-electron chi connectivity index (χ2n) is 8.58. The molecule has 1 aliphatic rings. The molecule has 0 radical (unpaired) electrons. The van der Waals surface area contributed by atoms with Gasteiger partial charge in [-0.05, 0) is 43.9 Å². The molecule has 4 atom stereocenters. The molecule has 7 N–H and O–H groups in total. The second kappa shape index (κ2) is 11.5. The molecule has 35 heavy (non-hydrogen) atoms. The van der Waals surface area contributed by atoms with Crippen LogP contribution in [0.3, 0.4) is 0 Å². The average molecular weight is 487 g/mol. The highest BCUT2D eigenvalue weighted by Crippen LogP contribution is 2.19. The van der Waals surface area contributed by atoms with E-state index >= 15 is 0 Å². The lowest BCUT2D eigenvalue weighted by Crippen LogP contribution is -2.56. The molecule has 1 aromatic heterocycles. The number of carboxylic acids is 1. The summed E-state index contributed by atoms with van der Waals surface area (Å²) in [6.45, 7) is 1.83. The van der Waals surface area contributed by atoms with Crippen molar-refractivity contribution in [3.05, 3.63) is 48.0 Å². The van der Waals surface area contributed by atoms with Crippen LogP contribution in [0.2, 0.25) is 0 Å². The highest BCUT2D eigenvalue weighted by atomic mass is 16.4. The maximum atomic E-state index is 13.0. The first-order valence-electron chi connectivity index (χ1n) is 11.3. The summed E-state index contributed by atoms with van der Waals surface area (Å²) >= 11 is 0. The molecule has 3 amide bonds. The lowest BCUT2D eigenvalue weighted by Gasteiger charge is -2.28. The van der Waals surface area contributed by atoms with E-state index in [4.69, 9.17) is 5.73 Å². The molecule has 3 rings (SSSR count). The molecule has 1 aromatic carbocycles.